The van der Waals surface area contributed by atoms with E-state index in [4.69, 9.17) is 4.74 Å². The smallest absolute Gasteiger partial charge is 0.417 e. The van der Waals surface area contributed by atoms with Crippen LogP contribution in [0.3, 0.4) is 0 Å². The summed E-state index contributed by atoms with van der Waals surface area (Å²) in [5.41, 5.74) is -0.356. The third-order valence-electron chi connectivity index (χ3n) is 3.73. The van der Waals surface area contributed by atoms with E-state index in [0.29, 0.717) is 0 Å². The van der Waals surface area contributed by atoms with Gasteiger partial charge in [0.25, 0.3) is 4.75 Å². The molecule has 1 aliphatic heterocycles. The van der Waals surface area contributed by atoms with Crippen molar-refractivity contribution in [3.05, 3.63) is 29.8 Å². The number of sulfone groups is 1. The Morgan fingerprint density at radius 1 is 1.05 bits per heavy atom. The van der Waals surface area contributed by atoms with Gasteiger partial charge in [-0.25, -0.2) is 8.42 Å². The maximum Gasteiger partial charge on any atom is 0.417 e. The average molecular weight is 348 g/mol. The van der Waals surface area contributed by atoms with Crippen molar-refractivity contribution >= 4 is 9.84 Å². The van der Waals surface area contributed by atoms with Gasteiger partial charge in [-0.3, -0.25) is 0 Å². The van der Waals surface area contributed by atoms with Crippen molar-refractivity contribution in [1.29, 1.82) is 0 Å². The molecule has 1 heterocycles. The summed E-state index contributed by atoms with van der Waals surface area (Å²) in [5, 5.41) is 0. The van der Waals surface area contributed by atoms with Gasteiger partial charge in [0.05, 0.1) is 12.9 Å². The molecule has 0 bridgehead atoms. The maximum atomic E-state index is 13.1. The maximum absolute atomic E-state index is 13.1. The molecule has 10 heteroatoms. The third kappa shape index (κ3) is 2.07. The monoisotopic (exact) mass is 348 g/mol. The zero-order chi connectivity index (χ0) is 17.0. The summed E-state index contributed by atoms with van der Waals surface area (Å²) in [6.45, 7) is 0. The van der Waals surface area contributed by atoms with Crippen LogP contribution in [0.4, 0.5) is 26.3 Å². The number of halogens is 6. The number of alkyl halides is 6. The van der Waals surface area contributed by atoms with Crippen LogP contribution in [0.25, 0.3) is 0 Å². The quantitative estimate of drug-likeness (QED) is 0.772. The summed E-state index contributed by atoms with van der Waals surface area (Å²) < 4.78 is 102. The van der Waals surface area contributed by atoms with Crippen LogP contribution in [0.5, 0.6) is 5.75 Å². The second kappa shape index (κ2) is 4.77. The molecule has 1 aliphatic rings. The molecular formula is C12H10F6O3S. The van der Waals surface area contributed by atoms with Crippen LogP contribution < -0.4 is 4.74 Å². The van der Waals surface area contributed by atoms with Crippen molar-refractivity contribution in [2.75, 3.05) is 12.9 Å². The molecule has 1 aromatic carbocycles. The van der Waals surface area contributed by atoms with Crippen LogP contribution in [0.15, 0.2) is 24.3 Å². The first-order valence-electron chi connectivity index (χ1n) is 5.88. The zero-order valence-corrected chi connectivity index (χ0v) is 11.8. The first-order valence-corrected chi connectivity index (χ1v) is 7.53. The lowest BCUT2D eigenvalue weighted by molar-refractivity contribution is -0.277. The number of benzene rings is 1. The second-order valence-corrected chi connectivity index (χ2v) is 7.05. The molecule has 2 rings (SSSR count). The lowest BCUT2D eigenvalue weighted by Crippen LogP contribution is -2.73. The van der Waals surface area contributed by atoms with Crippen LogP contribution in [-0.2, 0) is 9.84 Å². The van der Waals surface area contributed by atoms with Crippen molar-refractivity contribution in [2.45, 2.75) is 23.0 Å². The first kappa shape index (κ1) is 16.9. The fourth-order valence-electron chi connectivity index (χ4n) is 2.66. The van der Waals surface area contributed by atoms with E-state index in [-0.39, 0.29) is 11.3 Å². The Morgan fingerprint density at radius 3 is 1.82 bits per heavy atom. The van der Waals surface area contributed by atoms with Crippen molar-refractivity contribution < 1.29 is 39.5 Å². The normalized spacial score (nSPS) is 23.7. The molecule has 22 heavy (non-hydrogen) atoms. The van der Waals surface area contributed by atoms with E-state index >= 15 is 0 Å². The molecule has 3 nitrogen and oxygen atoms in total. The second-order valence-electron chi connectivity index (χ2n) is 4.84. The average Bonchev–Trinajstić information content (AvgIpc) is 2.33. The highest BCUT2D eigenvalue weighted by Gasteiger charge is 2.86. The van der Waals surface area contributed by atoms with E-state index in [9.17, 15) is 34.8 Å². The van der Waals surface area contributed by atoms with Gasteiger partial charge in [-0.05, 0) is 17.7 Å². The van der Waals surface area contributed by atoms with Crippen molar-refractivity contribution in [3.8, 4) is 5.75 Å². The summed E-state index contributed by atoms with van der Waals surface area (Å²) in [4.78, 5) is 0. The molecule has 1 unspecified atom stereocenters. The molecule has 1 fully saturated rings. The van der Waals surface area contributed by atoms with Gasteiger partial charge in [0.2, 0.25) is 0 Å². The third-order valence-corrected chi connectivity index (χ3v) is 6.23. The van der Waals surface area contributed by atoms with Gasteiger partial charge < -0.3 is 4.74 Å². The minimum absolute atomic E-state index is 0.232. The highest BCUT2D eigenvalue weighted by Crippen LogP contribution is 2.62. The largest absolute Gasteiger partial charge is 0.497 e. The summed E-state index contributed by atoms with van der Waals surface area (Å²) in [5.74, 6) is -3.21. The number of ether oxygens (including phenoxy) is 1. The number of hydrogen-bond acceptors (Lipinski definition) is 3. The molecule has 1 aromatic rings. The molecule has 0 aromatic heterocycles. The lowest BCUT2D eigenvalue weighted by Gasteiger charge is -2.49. The molecule has 0 radical (unpaired) electrons. The van der Waals surface area contributed by atoms with Crippen LogP contribution >= 0.6 is 0 Å². The van der Waals surface area contributed by atoms with Crippen molar-refractivity contribution in [3.63, 3.8) is 0 Å². The first-order chi connectivity index (χ1) is 9.88. The molecule has 1 atom stereocenters. The van der Waals surface area contributed by atoms with E-state index < -0.39 is 38.6 Å². The summed E-state index contributed by atoms with van der Waals surface area (Å²) in [6, 6.07) is 4.37. The lowest BCUT2D eigenvalue weighted by atomic mass is 9.84. The fourth-order valence-corrected chi connectivity index (χ4v) is 4.87. The molecule has 0 saturated carbocycles. The van der Waals surface area contributed by atoms with Crippen LogP contribution in [-0.4, -0.2) is 38.4 Å². The van der Waals surface area contributed by atoms with Gasteiger partial charge in [-0.2, -0.15) is 26.3 Å². The van der Waals surface area contributed by atoms with Crippen molar-refractivity contribution in [1.82, 2.24) is 0 Å². The minimum Gasteiger partial charge on any atom is -0.497 e. The molecule has 0 amide bonds. The number of rotatable bonds is 2. The Labute approximate surface area is 121 Å². The summed E-state index contributed by atoms with van der Waals surface area (Å²) in [6.07, 6.45) is -11.9. The molecular weight excluding hydrogens is 338 g/mol. The number of methoxy groups -OCH3 is 1. The van der Waals surface area contributed by atoms with E-state index in [1.54, 1.807) is 0 Å². The van der Waals surface area contributed by atoms with Crippen LogP contribution in [0.2, 0.25) is 0 Å². The minimum atomic E-state index is -5.97. The molecule has 1 saturated heterocycles. The van der Waals surface area contributed by atoms with E-state index in [1.807, 2.05) is 0 Å². The van der Waals surface area contributed by atoms with Gasteiger partial charge >= 0.3 is 12.4 Å². The zero-order valence-electron chi connectivity index (χ0n) is 11.0. The van der Waals surface area contributed by atoms with E-state index in [0.717, 1.165) is 12.1 Å². The molecule has 0 spiro atoms. The highest BCUT2D eigenvalue weighted by molar-refractivity contribution is 7.94. The van der Waals surface area contributed by atoms with Crippen LogP contribution in [0.1, 0.15) is 11.5 Å². The highest BCUT2D eigenvalue weighted by atomic mass is 32.2. The Bertz CT molecular complexity index is 646. The predicted octanol–water partition coefficient (Wildman–Crippen LogP) is 3.07. The van der Waals surface area contributed by atoms with E-state index in [1.165, 1.54) is 19.2 Å². The molecule has 0 aliphatic carbocycles. The Balaban J connectivity index is 2.61. The van der Waals surface area contributed by atoms with Gasteiger partial charge in [0.15, 0.2) is 9.84 Å². The summed E-state index contributed by atoms with van der Waals surface area (Å²) in [7, 11) is -4.12. The standard InChI is InChI=1S/C12H10F6O3S/c1-21-8-4-2-7(3-5-8)9-6-22(19,20)10(9,11(13,14)15)12(16,17)18/h2-5,9H,6H2,1H3. The molecule has 0 N–H and O–H groups in total. The van der Waals surface area contributed by atoms with Crippen molar-refractivity contribution in [2.24, 2.45) is 0 Å². The van der Waals surface area contributed by atoms with Crippen LogP contribution in [0, 0.1) is 0 Å². The van der Waals surface area contributed by atoms with Gasteiger partial charge in [-0.15, -0.1) is 0 Å². The summed E-state index contributed by atoms with van der Waals surface area (Å²) >= 11 is 0. The Morgan fingerprint density at radius 2 is 1.50 bits per heavy atom. The molecule has 124 valence electrons. The Hall–Kier alpha value is -1.45. The fraction of sp³-hybridized carbons (Fsp3) is 0.500. The predicted molar refractivity (Wildman–Crippen MR) is 64.4 cm³/mol. The van der Waals surface area contributed by atoms with Gasteiger partial charge in [-0.1, -0.05) is 12.1 Å². The topological polar surface area (TPSA) is 43.4 Å². The Kier molecular flexibility index (Phi) is 3.67. The number of hydrogen-bond donors (Lipinski definition) is 0. The SMILES string of the molecule is COc1ccc(C2CS(=O)(=O)C2(C(F)(F)F)C(F)(F)F)cc1. The van der Waals surface area contributed by atoms with Gasteiger partial charge in [0.1, 0.15) is 5.75 Å². The van der Waals surface area contributed by atoms with Gasteiger partial charge in [0, 0.05) is 5.92 Å². The van der Waals surface area contributed by atoms with E-state index in [2.05, 4.69) is 0 Å².